The Hall–Kier alpha value is -2.33. The van der Waals surface area contributed by atoms with Crippen LogP contribution in [0, 0.1) is 5.41 Å². The molecule has 1 aliphatic heterocycles. The molecule has 0 radical (unpaired) electrons. The fourth-order valence-electron chi connectivity index (χ4n) is 2.49. The summed E-state index contributed by atoms with van der Waals surface area (Å²) in [6, 6.07) is 4.85. The van der Waals surface area contributed by atoms with Crippen molar-refractivity contribution in [2.45, 2.75) is 33.6 Å². The average molecular weight is 413 g/mol. The van der Waals surface area contributed by atoms with Crippen molar-refractivity contribution >= 4 is 27.6 Å². The lowest BCUT2D eigenvalue weighted by Crippen LogP contribution is -2.42. The van der Waals surface area contributed by atoms with E-state index in [9.17, 15) is 13.2 Å². The van der Waals surface area contributed by atoms with E-state index in [1.165, 1.54) is 0 Å². The quantitative estimate of drug-likeness (QED) is 0.498. The van der Waals surface area contributed by atoms with Gasteiger partial charge in [-0.3, -0.25) is 9.52 Å². The Kier molecular flexibility index (Phi) is 7.25. The second kappa shape index (κ2) is 9.24. The number of carbonyl (C=O) groups excluding carboxylic acids is 1. The zero-order valence-corrected chi connectivity index (χ0v) is 17.3. The maximum atomic E-state index is 12.4. The standard InChI is InChI=1S/C18H28N4O5S/c1-4-5-10-26-11-9-20-17(23)18(2,3)12-27-14-8-6-7-13-15(14)16(19)22-28(24,25)21-13/h6-8,21H,4-5,9-12H2,1-3H3,(H2,19,22)(H,20,23). The lowest BCUT2D eigenvalue weighted by Gasteiger charge is -2.25. The van der Waals surface area contributed by atoms with E-state index in [1.54, 1.807) is 32.0 Å². The molecular formula is C18H28N4O5S. The fraction of sp³-hybridized carbons (Fsp3) is 0.556. The first-order valence-corrected chi connectivity index (χ1v) is 10.6. The molecule has 1 heterocycles. The predicted octanol–water partition coefficient (Wildman–Crippen LogP) is 1.40. The molecule has 0 aliphatic carbocycles. The van der Waals surface area contributed by atoms with E-state index in [4.69, 9.17) is 15.2 Å². The van der Waals surface area contributed by atoms with Crippen molar-refractivity contribution in [2.75, 3.05) is 31.1 Å². The van der Waals surface area contributed by atoms with Crippen molar-refractivity contribution in [3.8, 4) is 5.75 Å². The molecule has 0 atom stereocenters. The van der Waals surface area contributed by atoms with Crippen molar-refractivity contribution in [2.24, 2.45) is 15.5 Å². The molecule has 156 valence electrons. The number of anilines is 1. The number of amidine groups is 1. The van der Waals surface area contributed by atoms with Crippen molar-refractivity contribution in [3.05, 3.63) is 23.8 Å². The van der Waals surface area contributed by atoms with Crippen molar-refractivity contribution in [3.63, 3.8) is 0 Å². The van der Waals surface area contributed by atoms with Crippen LogP contribution < -0.4 is 20.5 Å². The Morgan fingerprint density at radius 2 is 2.07 bits per heavy atom. The largest absolute Gasteiger partial charge is 0.492 e. The second-order valence-electron chi connectivity index (χ2n) is 7.13. The summed E-state index contributed by atoms with van der Waals surface area (Å²) in [4.78, 5) is 12.4. The van der Waals surface area contributed by atoms with Crippen LogP contribution in [0.4, 0.5) is 5.69 Å². The number of hydrogen-bond donors (Lipinski definition) is 3. The van der Waals surface area contributed by atoms with E-state index < -0.39 is 15.6 Å². The zero-order valence-electron chi connectivity index (χ0n) is 16.4. The molecule has 4 N–H and O–H groups in total. The number of ether oxygens (including phenoxy) is 2. The molecule has 0 unspecified atom stereocenters. The zero-order chi connectivity index (χ0) is 20.8. The van der Waals surface area contributed by atoms with Gasteiger partial charge in [-0.25, -0.2) is 0 Å². The third-order valence-electron chi connectivity index (χ3n) is 4.12. The molecule has 1 aromatic rings. The maximum Gasteiger partial charge on any atom is 0.344 e. The topological polar surface area (TPSA) is 132 Å². The van der Waals surface area contributed by atoms with Gasteiger partial charge in [-0.05, 0) is 32.4 Å². The molecule has 10 heteroatoms. The molecule has 0 fully saturated rings. The van der Waals surface area contributed by atoms with Crippen molar-refractivity contribution in [1.82, 2.24) is 5.32 Å². The first-order valence-electron chi connectivity index (χ1n) is 9.16. The van der Waals surface area contributed by atoms with E-state index in [0.29, 0.717) is 31.1 Å². The molecule has 2 rings (SSSR count). The van der Waals surface area contributed by atoms with E-state index in [0.717, 1.165) is 12.8 Å². The Morgan fingerprint density at radius 3 is 2.79 bits per heavy atom. The van der Waals surface area contributed by atoms with Gasteiger partial charge in [-0.15, -0.1) is 4.40 Å². The highest BCUT2D eigenvalue weighted by atomic mass is 32.2. The normalized spacial score (nSPS) is 15.2. The number of fused-ring (bicyclic) bond motifs is 1. The van der Waals surface area contributed by atoms with Gasteiger partial charge in [0.1, 0.15) is 12.4 Å². The van der Waals surface area contributed by atoms with Gasteiger partial charge in [0.15, 0.2) is 5.84 Å². The Morgan fingerprint density at radius 1 is 1.32 bits per heavy atom. The summed E-state index contributed by atoms with van der Waals surface area (Å²) >= 11 is 0. The summed E-state index contributed by atoms with van der Waals surface area (Å²) in [5, 5.41) is 2.83. The van der Waals surface area contributed by atoms with Gasteiger partial charge < -0.3 is 20.5 Å². The monoisotopic (exact) mass is 412 g/mol. The smallest absolute Gasteiger partial charge is 0.344 e. The van der Waals surface area contributed by atoms with Crippen molar-refractivity contribution < 1.29 is 22.7 Å². The van der Waals surface area contributed by atoms with Crippen LogP contribution in [0.5, 0.6) is 5.75 Å². The number of nitrogens with two attached hydrogens (primary N) is 1. The summed E-state index contributed by atoms with van der Waals surface area (Å²) in [5.74, 6) is 0.0273. The van der Waals surface area contributed by atoms with Crippen LogP contribution in [0.25, 0.3) is 0 Å². The van der Waals surface area contributed by atoms with Crippen LogP contribution in [0.15, 0.2) is 22.6 Å². The lowest BCUT2D eigenvalue weighted by atomic mass is 9.93. The molecule has 28 heavy (non-hydrogen) atoms. The summed E-state index contributed by atoms with van der Waals surface area (Å²) in [7, 11) is -3.86. The van der Waals surface area contributed by atoms with Gasteiger partial charge >= 0.3 is 10.2 Å². The van der Waals surface area contributed by atoms with Gasteiger partial charge in [0.2, 0.25) is 5.91 Å². The number of nitrogens with one attached hydrogen (secondary N) is 2. The minimum Gasteiger partial charge on any atom is -0.492 e. The minimum atomic E-state index is -3.86. The van der Waals surface area contributed by atoms with Gasteiger partial charge in [-0.2, -0.15) is 8.42 Å². The number of benzene rings is 1. The van der Waals surface area contributed by atoms with Crippen LogP contribution in [-0.4, -0.2) is 46.5 Å². The SMILES string of the molecule is CCCCOCCNC(=O)C(C)(C)COc1cccc2c1C(N)=NS(=O)(=O)N2. The Balaban J connectivity index is 1.95. The molecule has 0 spiro atoms. The highest BCUT2D eigenvalue weighted by Gasteiger charge is 2.30. The minimum absolute atomic E-state index is 0.0754. The van der Waals surface area contributed by atoms with Crippen LogP contribution in [-0.2, 0) is 19.7 Å². The molecule has 0 saturated carbocycles. The fourth-order valence-corrected chi connectivity index (χ4v) is 3.33. The summed E-state index contributed by atoms with van der Waals surface area (Å²) < 4.78 is 40.3. The van der Waals surface area contributed by atoms with Crippen LogP contribution in [0.3, 0.4) is 0 Å². The van der Waals surface area contributed by atoms with Gasteiger partial charge in [0.05, 0.1) is 23.3 Å². The highest BCUT2D eigenvalue weighted by molar-refractivity contribution is 7.91. The molecule has 1 amide bonds. The third kappa shape index (κ3) is 5.83. The van der Waals surface area contributed by atoms with Gasteiger partial charge in [-0.1, -0.05) is 19.4 Å². The van der Waals surface area contributed by atoms with E-state index in [1.807, 2.05) is 0 Å². The first-order chi connectivity index (χ1) is 13.2. The van der Waals surface area contributed by atoms with Gasteiger partial charge in [0, 0.05) is 13.2 Å². The second-order valence-corrected chi connectivity index (χ2v) is 8.46. The molecule has 9 nitrogen and oxygen atoms in total. The third-order valence-corrected chi connectivity index (χ3v) is 5.03. The maximum absolute atomic E-state index is 12.4. The lowest BCUT2D eigenvalue weighted by molar-refractivity contribution is -0.131. The number of amides is 1. The first kappa shape index (κ1) is 22.0. The molecule has 1 aliphatic rings. The van der Waals surface area contributed by atoms with Crippen LogP contribution in [0.1, 0.15) is 39.2 Å². The van der Waals surface area contributed by atoms with Crippen LogP contribution in [0.2, 0.25) is 0 Å². The molecular weight excluding hydrogens is 384 g/mol. The Bertz CT molecular complexity index is 836. The van der Waals surface area contributed by atoms with Crippen LogP contribution >= 0.6 is 0 Å². The van der Waals surface area contributed by atoms with E-state index >= 15 is 0 Å². The molecule has 0 aromatic heterocycles. The number of carbonyl (C=O) groups is 1. The number of hydrogen-bond acceptors (Lipinski definition) is 6. The van der Waals surface area contributed by atoms with E-state index in [2.05, 4.69) is 21.4 Å². The van der Waals surface area contributed by atoms with Crippen molar-refractivity contribution in [1.29, 1.82) is 0 Å². The van der Waals surface area contributed by atoms with Gasteiger partial charge in [0.25, 0.3) is 0 Å². The van der Waals surface area contributed by atoms with E-state index in [-0.39, 0.29) is 24.0 Å². The number of rotatable bonds is 10. The number of unbranched alkanes of at least 4 members (excludes halogenated alkanes) is 1. The molecule has 0 saturated heterocycles. The molecule has 1 aromatic carbocycles. The summed E-state index contributed by atoms with van der Waals surface area (Å²) in [6.07, 6.45) is 2.06. The predicted molar refractivity (Wildman–Crippen MR) is 108 cm³/mol. The Labute approximate surface area is 165 Å². The summed E-state index contributed by atoms with van der Waals surface area (Å²) in [5.41, 5.74) is 5.63. The number of nitrogens with zero attached hydrogens (tertiary/aromatic N) is 1. The average Bonchev–Trinajstić information content (AvgIpc) is 2.61. The highest BCUT2D eigenvalue weighted by Crippen LogP contribution is 2.31. The molecule has 0 bridgehead atoms. The summed E-state index contributed by atoms with van der Waals surface area (Å²) in [6.45, 7) is 7.25.